The van der Waals surface area contributed by atoms with Gasteiger partial charge in [0.1, 0.15) is 0 Å². The molecule has 0 bridgehead atoms. The van der Waals surface area contributed by atoms with Crippen LogP contribution in [0.5, 0.6) is 0 Å². The first-order valence-electron chi connectivity index (χ1n) is 8.32. The molecule has 2 nitrogen and oxygen atoms in total. The summed E-state index contributed by atoms with van der Waals surface area (Å²) < 4.78 is 0.959. The third-order valence-corrected chi connectivity index (χ3v) is 5.24. The van der Waals surface area contributed by atoms with Crippen LogP contribution >= 0.6 is 22.6 Å². The molecular weight excluding hydrogens is 421 g/mol. The minimum Gasteiger partial charge on any atom is -0.349 e. The van der Waals surface area contributed by atoms with Crippen molar-refractivity contribution in [2.24, 2.45) is 0 Å². The molecular formula is C22H20INO. The zero-order chi connectivity index (χ0) is 17.6. The Kier molecular flexibility index (Phi) is 5.87. The highest BCUT2D eigenvalue weighted by Gasteiger charge is 2.23. The Morgan fingerprint density at radius 2 is 1.28 bits per heavy atom. The maximum atomic E-state index is 12.7. The minimum atomic E-state index is -0.0340. The van der Waals surface area contributed by atoms with E-state index < -0.39 is 0 Å². The molecule has 0 saturated heterocycles. The van der Waals surface area contributed by atoms with Gasteiger partial charge < -0.3 is 5.32 Å². The van der Waals surface area contributed by atoms with Gasteiger partial charge >= 0.3 is 0 Å². The van der Waals surface area contributed by atoms with Gasteiger partial charge in [-0.3, -0.25) is 4.79 Å². The van der Waals surface area contributed by atoms with Crippen molar-refractivity contribution in [3.05, 3.63) is 105 Å². The molecule has 0 aliphatic heterocycles. The quantitative estimate of drug-likeness (QED) is 0.539. The van der Waals surface area contributed by atoms with Gasteiger partial charge in [-0.15, -0.1) is 0 Å². The minimum absolute atomic E-state index is 0.0330. The molecule has 1 N–H and O–H groups in total. The normalized spacial score (nSPS) is 12.0. The van der Waals surface area contributed by atoms with E-state index in [1.54, 1.807) is 0 Å². The largest absolute Gasteiger partial charge is 0.349 e. The molecule has 1 amide bonds. The second-order valence-corrected chi connectivity index (χ2v) is 7.20. The standard InChI is InChI=1S/C22H20INO/c1-16(24-22(25)19-14-8-9-15-20(19)23)21(17-10-4-2-5-11-17)18-12-6-3-7-13-18/h2-16,21H,1H3,(H,24,25). The van der Waals surface area contributed by atoms with Crippen molar-refractivity contribution >= 4 is 28.5 Å². The molecule has 1 atom stereocenters. The van der Waals surface area contributed by atoms with Crippen LogP contribution in [0.3, 0.4) is 0 Å². The van der Waals surface area contributed by atoms with E-state index in [4.69, 9.17) is 0 Å². The van der Waals surface area contributed by atoms with Gasteiger partial charge in [-0.05, 0) is 52.8 Å². The predicted molar refractivity (Wildman–Crippen MR) is 111 cm³/mol. The summed E-state index contributed by atoms with van der Waals surface area (Å²) in [6.45, 7) is 2.07. The molecule has 0 aliphatic rings. The number of hydrogen-bond donors (Lipinski definition) is 1. The molecule has 3 heteroatoms. The van der Waals surface area contributed by atoms with Crippen LogP contribution in [0, 0.1) is 3.57 Å². The number of amides is 1. The van der Waals surface area contributed by atoms with E-state index in [1.807, 2.05) is 60.7 Å². The molecule has 3 aromatic rings. The first-order valence-corrected chi connectivity index (χ1v) is 9.40. The Labute approximate surface area is 162 Å². The third-order valence-electron chi connectivity index (χ3n) is 4.29. The molecule has 0 aliphatic carbocycles. The SMILES string of the molecule is CC(NC(=O)c1ccccc1I)C(c1ccccc1)c1ccccc1. The number of rotatable bonds is 5. The summed E-state index contributed by atoms with van der Waals surface area (Å²) >= 11 is 2.20. The first-order chi connectivity index (χ1) is 12.2. The third kappa shape index (κ3) is 4.28. The molecule has 1 unspecified atom stereocenters. The van der Waals surface area contributed by atoms with E-state index in [0.717, 1.165) is 9.13 Å². The number of carbonyl (C=O) groups is 1. The van der Waals surface area contributed by atoms with E-state index in [2.05, 4.69) is 59.1 Å². The lowest BCUT2D eigenvalue weighted by molar-refractivity contribution is 0.0936. The van der Waals surface area contributed by atoms with Crippen molar-refractivity contribution in [1.82, 2.24) is 5.32 Å². The number of benzene rings is 3. The molecule has 3 aromatic carbocycles. The summed E-state index contributed by atoms with van der Waals surface area (Å²) in [7, 11) is 0. The molecule has 0 spiro atoms. The van der Waals surface area contributed by atoms with Crippen LogP contribution in [0.15, 0.2) is 84.9 Å². The number of carbonyl (C=O) groups excluding carboxylic acids is 1. The fourth-order valence-corrected chi connectivity index (χ4v) is 3.74. The molecule has 0 saturated carbocycles. The second-order valence-electron chi connectivity index (χ2n) is 6.04. The van der Waals surface area contributed by atoms with E-state index in [0.29, 0.717) is 0 Å². The summed E-state index contributed by atoms with van der Waals surface area (Å²) in [4.78, 5) is 12.7. The van der Waals surface area contributed by atoms with E-state index in [1.165, 1.54) is 11.1 Å². The lowest BCUT2D eigenvalue weighted by atomic mass is 9.85. The van der Waals surface area contributed by atoms with Gasteiger partial charge in [-0.1, -0.05) is 72.8 Å². The summed E-state index contributed by atoms with van der Waals surface area (Å²) in [5.74, 6) is 0.0714. The molecule has 126 valence electrons. The average Bonchev–Trinajstić information content (AvgIpc) is 2.64. The van der Waals surface area contributed by atoms with Gasteiger partial charge in [0.15, 0.2) is 0 Å². The Bertz CT molecular complexity index is 793. The lowest BCUT2D eigenvalue weighted by Crippen LogP contribution is -2.37. The predicted octanol–water partition coefficient (Wildman–Crippen LogP) is 5.24. The van der Waals surface area contributed by atoms with Gasteiger partial charge in [0.2, 0.25) is 0 Å². The van der Waals surface area contributed by atoms with Gasteiger partial charge in [0.25, 0.3) is 5.91 Å². The molecule has 0 fully saturated rings. The van der Waals surface area contributed by atoms with Crippen molar-refractivity contribution in [2.45, 2.75) is 18.9 Å². The van der Waals surface area contributed by atoms with Gasteiger partial charge in [0, 0.05) is 15.5 Å². The van der Waals surface area contributed by atoms with Crippen LogP contribution in [0.4, 0.5) is 0 Å². The molecule has 25 heavy (non-hydrogen) atoms. The first kappa shape index (κ1) is 17.7. The lowest BCUT2D eigenvalue weighted by Gasteiger charge is -2.26. The van der Waals surface area contributed by atoms with Crippen LogP contribution in [-0.4, -0.2) is 11.9 Å². The van der Waals surface area contributed by atoms with Gasteiger partial charge in [-0.25, -0.2) is 0 Å². The van der Waals surface area contributed by atoms with Gasteiger partial charge in [-0.2, -0.15) is 0 Å². The number of hydrogen-bond acceptors (Lipinski definition) is 1. The van der Waals surface area contributed by atoms with Crippen LogP contribution in [0.1, 0.15) is 34.3 Å². The van der Waals surface area contributed by atoms with Crippen LogP contribution < -0.4 is 5.32 Å². The highest BCUT2D eigenvalue weighted by atomic mass is 127. The Balaban J connectivity index is 1.89. The van der Waals surface area contributed by atoms with E-state index >= 15 is 0 Å². The van der Waals surface area contributed by atoms with Crippen molar-refractivity contribution in [1.29, 1.82) is 0 Å². The van der Waals surface area contributed by atoms with E-state index in [-0.39, 0.29) is 17.9 Å². The fraction of sp³-hybridized carbons (Fsp3) is 0.136. The smallest absolute Gasteiger partial charge is 0.252 e. The Hall–Kier alpha value is -2.14. The summed E-state index contributed by atoms with van der Waals surface area (Å²) in [5, 5.41) is 3.19. The monoisotopic (exact) mass is 441 g/mol. The Morgan fingerprint density at radius 3 is 1.80 bits per heavy atom. The average molecular weight is 441 g/mol. The van der Waals surface area contributed by atoms with Crippen LogP contribution in [0.2, 0.25) is 0 Å². The highest BCUT2D eigenvalue weighted by molar-refractivity contribution is 14.1. The maximum absolute atomic E-state index is 12.7. The topological polar surface area (TPSA) is 29.1 Å². The highest BCUT2D eigenvalue weighted by Crippen LogP contribution is 2.28. The summed E-state index contributed by atoms with van der Waals surface area (Å²) in [6, 6.07) is 28.3. The molecule has 3 rings (SSSR count). The summed E-state index contributed by atoms with van der Waals surface area (Å²) in [5.41, 5.74) is 3.11. The second kappa shape index (κ2) is 8.30. The zero-order valence-electron chi connectivity index (χ0n) is 14.0. The molecule has 0 heterocycles. The van der Waals surface area contributed by atoms with Crippen molar-refractivity contribution < 1.29 is 4.79 Å². The van der Waals surface area contributed by atoms with Gasteiger partial charge in [0.05, 0.1) is 5.56 Å². The zero-order valence-corrected chi connectivity index (χ0v) is 16.2. The van der Waals surface area contributed by atoms with E-state index in [9.17, 15) is 4.79 Å². The molecule has 0 radical (unpaired) electrons. The van der Waals surface area contributed by atoms with Crippen LogP contribution in [0.25, 0.3) is 0 Å². The molecule has 0 aromatic heterocycles. The maximum Gasteiger partial charge on any atom is 0.252 e. The van der Waals surface area contributed by atoms with Crippen molar-refractivity contribution in [2.75, 3.05) is 0 Å². The number of halogens is 1. The Morgan fingerprint density at radius 1 is 0.800 bits per heavy atom. The number of nitrogens with one attached hydrogen (secondary N) is 1. The fourth-order valence-electron chi connectivity index (χ4n) is 3.10. The van der Waals surface area contributed by atoms with Crippen molar-refractivity contribution in [3.8, 4) is 0 Å². The van der Waals surface area contributed by atoms with Crippen molar-refractivity contribution in [3.63, 3.8) is 0 Å². The summed E-state index contributed by atoms with van der Waals surface area (Å²) in [6.07, 6.45) is 0. The van der Waals surface area contributed by atoms with Crippen LogP contribution in [-0.2, 0) is 0 Å².